The van der Waals surface area contributed by atoms with E-state index in [9.17, 15) is 14.7 Å². The molecule has 140 valence electrons. The van der Waals surface area contributed by atoms with E-state index < -0.39 is 5.60 Å². The summed E-state index contributed by atoms with van der Waals surface area (Å²) >= 11 is 6.11. The Kier molecular flexibility index (Phi) is 5.35. The zero-order valence-corrected chi connectivity index (χ0v) is 16.0. The van der Waals surface area contributed by atoms with Crippen LogP contribution in [0, 0.1) is 0 Å². The van der Waals surface area contributed by atoms with Crippen molar-refractivity contribution < 1.29 is 9.90 Å². The number of pyridine rings is 1. The highest BCUT2D eigenvalue weighted by Crippen LogP contribution is 2.22. The second-order valence-electron chi connectivity index (χ2n) is 7.14. The minimum Gasteiger partial charge on any atom is -0.389 e. The smallest absolute Gasteiger partial charge is 0.258 e. The molecule has 1 aromatic heterocycles. The number of hydrogen-bond donors (Lipinski definition) is 2. The lowest BCUT2D eigenvalue weighted by molar-refractivity contribution is -0.115. The minimum atomic E-state index is -1.00. The van der Waals surface area contributed by atoms with Crippen molar-refractivity contribution in [3.05, 3.63) is 75.7 Å². The van der Waals surface area contributed by atoms with Crippen LogP contribution < -0.4 is 10.9 Å². The van der Waals surface area contributed by atoms with Gasteiger partial charge in [0.25, 0.3) is 5.56 Å². The number of nitrogens with one attached hydrogen (secondary N) is 1. The molecule has 3 rings (SSSR count). The Bertz CT molecular complexity index is 1050. The summed E-state index contributed by atoms with van der Waals surface area (Å²) in [5.41, 5.74) is 0.0940. The maximum absolute atomic E-state index is 12.7. The quantitative estimate of drug-likeness (QED) is 0.706. The molecule has 0 atom stereocenters. The van der Waals surface area contributed by atoms with E-state index in [1.165, 1.54) is 4.57 Å². The van der Waals surface area contributed by atoms with Gasteiger partial charge in [0.05, 0.1) is 18.6 Å². The van der Waals surface area contributed by atoms with Gasteiger partial charge in [-0.3, -0.25) is 9.59 Å². The predicted molar refractivity (Wildman–Crippen MR) is 108 cm³/mol. The van der Waals surface area contributed by atoms with Crippen LogP contribution in [0.4, 0.5) is 5.69 Å². The Hall–Kier alpha value is -2.63. The number of nitrogens with zero attached hydrogens (tertiary/aromatic N) is 1. The molecule has 0 spiro atoms. The molecule has 6 heteroatoms. The lowest BCUT2D eigenvalue weighted by atomic mass is 10.1. The predicted octanol–water partition coefficient (Wildman–Crippen LogP) is 3.61. The molecule has 2 N–H and O–H groups in total. The zero-order valence-electron chi connectivity index (χ0n) is 15.2. The van der Waals surface area contributed by atoms with Crippen molar-refractivity contribution >= 4 is 34.0 Å². The summed E-state index contributed by atoms with van der Waals surface area (Å²) in [6.45, 7) is 3.48. The number of benzene rings is 2. The van der Waals surface area contributed by atoms with Crippen molar-refractivity contribution in [2.75, 3.05) is 5.32 Å². The van der Waals surface area contributed by atoms with Crippen LogP contribution in [0.3, 0.4) is 0 Å². The Morgan fingerprint density at radius 2 is 1.85 bits per heavy atom. The molecule has 1 heterocycles. The van der Waals surface area contributed by atoms with Gasteiger partial charge in [0.15, 0.2) is 0 Å². The number of fused-ring (bicyclic) bond motifs is 1. The maximum atomic E-state index is 12.7. The van der Waals surface area contributed by atoms with Gasteiger partial charge in [0, 0.05) is 27.7 Å². The number of anilines is 1. The van der Waals surface area contributed by atoms with E-state index in [0.29, 0.717) is 21.5 Å². The molecule has 3 aromatic rings. The molecule has 0 bridgehead atoms. The molecular weight excluding hydrogens is 364 g/mol. The van der Waals surface area contributed by atoms with E-state index in [2.05, 4.69) is 5.32 Å². The van der Waals surface area contributed by atoms with Gasteiger partial charge >= 0.3 is 0 Å². The van der Waals surface area contributed by atoms with Crippen LogP contribution in [-0.2, 0) is 17.8 Å². The number of carbonyl (C=O) groups excluding carboxylic acids is 1. The van der Waals surface area contributed by atoms with Gasteiger partial charge in [-0.05, 0) is 43.7 Å². The van der Waals surface area contributed by atoms with E-state index in [1.54, 1.807) is 56.4 Å². The maximum Gasteiger partial charge on any atom is 0.258 e. The third-order valence-corrected chi connectivity index (χ3v) is 4.53. The lowest BCUT2D eigenvalue weighted by Crippen LogP contribution is -2.32. The van der Waals surface area contributed by atoms with Crippen LogP contribution in [0.15, 0.2) is 59.5 Å². The minimum absolute atomic E-state index is 0.145. The summed E-state index contributed by atoms with van der Waals surface area (Å²) in [5.74, 6) is -0.212. The first kappa shape index (κ1) is 19.1. The highest BCUT2D eigenvalue weighted by Gasteiger charge is 2.16. The Balaban J connectivity index is 1.89. The Labute approximate surface area is 162 Å². The van der Waals surface area contributed by atoms with Gasteiger partial charge in [-0.2, -0.15) is 0 Å². The second-order valence-corrected chi connectivity index (χ2v) is 7.55. The summed E-state index contributed by atoms with van der Waals surface area (Å²) in [5, 5.41) is 14.5. The molecule has 0 unspecified atom stereocenters. The SMILES string of the molecule is CC(C)(O)Cn1ccc2c(NC(=O)Cc3ccccc3Cl)cccc2c1=O. The van der Waals surface area contributed by atoms with Gasteiger partial charge in [0.2, 0.25) is 5.91 Å². The van der Waals surface area contributed by atoms with Crippen LogP contribution in [0.2, 0.25) is 5.02 Å². The fourth-order valence-corrected chi connectivity index (χ4v) is 3.18. The fourth-order valence-electron chi connectivity index (χ4n) is 2.98. The number of amides is 1. The molecule has 2 aromatic carbocycles. The van der Waals surface area contributed by atoms with Crippen LogP contribution in [0.25, 0.3) is 10.8 Å². The monoisotopic (exact) mass is 384 g/mol. The molecule has 1 amide bonds. The topological polar surface area (TPSA) is 71.3 Å². The molecule has 0 aliphatic rings. The van der Waals surface area contributed by atoms with Gasteiger partial charge < -0.3 is 15.0 Å². The van der Waals surface area contributed by atoms with Gasteiger partial charge in [0.1, 0.15) is 0 Å². The summed E-state index contributed by atoms with van der Waals surface area (Å²) in [4.78, 5) is 25.1. The molecule has 27 heavy (non-hydrogen) atoms. The normalized spacial score (nSPS) is 11.6. The van der Waals surface area contributed by atoms with E-state index >= 15 is 0 Å². The van der Waals surface area contributed by atoms with Crippen LogP contribution in [0.1, 0.15) is 19.4 Å². The highest BCUT2D eigenvalue weighted by atomic mass is 35.5. The molecule has 5 nitrogen and oxygen atoms in total. The van der Waals surface area contributed by atoms with Crippen LogP contribution in [-0.4, -0.2) is 21.2 Å². The fraction of sp³-hybridized carbons (Fsp3) is 0.238. The van der Waals surface area contributed by atoms with E-state index in [0.717, 1.165) is 5.56 Å². The molecular formula is C21H21ClN2O3. The first-order chi connectivity index (χ1) is 12.7. The van der Waals surface area contributed by atoms with Crippen molar-refractivity contribution in [2.24, 2.45) is 0 Å². The van der Waals surface area contributed by atoms with Crippen molar-refractivity contribution in [2.45, 2.75) is 32.4 Å². The first-order valence-corrected chi connectivity index (χ1v) is 9.00. The van der Waals surface area contributed by atoms with Crippen molar-refractivity contribution in [1.82, 2.24) is 4.57 Å². The van der Waals surface area contributed by atoms with Crippen LogP contribution >= 0.6 is 11.6 Å². The Morgan fingerprint density at radius 1 is 1.11 bits per heavy atom. The number of hydrogen-bond acceptors (Lipinski definition) is 3. The van der Waals surface area contributed by atoms with Crippen molar-refractivity contribution in [1.29, 1.82) is 0 Å². The molecule has 0 aliphatic carbocycles. The lowest BCUT2D eigenvalue weighted by Gasteiger charge is -2.19. The second kappa shape index (κ2) is 7.55. The molecule has 0 fully saturated rings. The number of aromatic nitrogens is 1. The summed E-state index contributed by atoms with van der Waals surface area (Å²) < 4.78 is 1.47. The average Bonchev–Trinajstić information content (AvgIpc) is 2.59. The molecule has 0 saturated heterocycles. The zero-order chi connectivity index (χ0) is 19.6. The molecule has 0 aliphatic heterocycles. The average molecular weight is 385 g/mol. The number of aliphatic hydroxyl groups is 1. The summed E-state index contributed by atoms with van der Waals surface area (Å²) in [7, 11) is 0. The Morgan fingerprint density at radius 3 is 2.56 bits per heavy atom. The van der Waals surface area contributed by atoms with E-state index in [-0.39, 0.29) is 24.4 Å². The molecule has 0 radical (unpaired) electrons. The van der Waals surface area contributed by atoms with Crippen LogP contribution in [0.5, 0.6) is 0 Å². The largest absolute Gasteiger partial charge is 0.389 e. The third-order valence-electron chi connectivity index (χ3n) is 4.16. The third kappa shape index (κ3) is 4.56. The van der Waals surface area contributed by atoms with Gasteiger partial charge in [-0.15, -0.1) is 0 Å². The highest BCUT2D eigenvalue weighted by molar-refractivity contribution is 6.31. The van der Waals surface area contributed by atoms with E-state index in [4.69, 9.17) is 11.6 Å². The first-order valence-electron chi connectivity index (χ1n) is 8.62. The number of carbonyl (C=O) groups is 1. The standard InChI is InChI=1S/C21H21ClN2O3/c1-21(2,27)13-24-11-10-15-16(20(24)26)7-5-9-18(15)23-19(25)12-14-6-3-4-8-17(14)22/h3-11,27H,12-13H2,1-2H3,(H,23,25). The number of halogens is 1. The van der Waals surface area contributed by atoms with Gasteiger partial charge in [-0.1, -0.05) is 35.9 Å². The van der Waals surface area contributed by atoms with Crippen molar-refractivity contribution in [3.63, 3.8) is 0 Å². The molecule has 0 saturated carbocycles. The summed E-state index contributed by atoms with van der Waals surface area (Å²) in [6, 6.07) is 14.2. The van der Waals surface area contributed by atoms with Gasteiger partial charge in [-0.25, -0.2) is 0 Å². The van der Waals surface area contributed by atoms with E-state index in [1.807, 2.05) is 12.1 Å². The summed E-state index contributed by atoms with van der Waals surface area (Å²) in [6.07, 6.45) is 1.78. The van der Waals surface area contributed by atoms with Crippen molar-refractivity contribution in [3.8, 4) is 0 Å². The number of rotatable bonds is 5.